The molecule has 0 saturated heterocycles. The summed E-state index contributed by atoms with van der Waals surface area (Å²) in [6, 6.07) is 0. The van der Waals surface area contributed by atoms with E-state index in [0.29, 0.717) is 25.7 Å². The van der Waals surface area contributed by atoms with Crippen molar-refractivity contribution >= 4 is 33.6 Å². The Balaban J connectivity index is 4.74. The van der Waals surface area contributed by atoms with E-state index in [1.165, 1.54) is 51.4 Å². The second kappa shape index (κ2) is 60.2. The Labute approximate surface area is 512 Å². The fraction of sp³-hybridized carbons (Fsp3) is 0.657. The van der Waals surface area contributed by atoms with Crippen LogP contribution in [0.3, 0.4) is 0 Å². The highest BCUT2D eigenvalue weighted by Crippen LogP contribution is 2.45. The second-order valence-electron chi connectivity index (χ2n) is 20.8. The molecule has 5 unspecified atom stereocenters. The van der Waals surface area contributed by atoms with E-state index in [1.807, 2.05) is 12.2 Å². The highest BCUT2D eigenvalue weighted by atomic mass is 31.2. The number of carbonyl (C=O) groups is 3. The molecule has 0 fully saturated rings. The molecule has 5 atom stereocenters. The number of ether oxygens (including phenoxy) is 3. The first-order valence-corrected chi connectivity index (χ1v) is 34.8. The molecule has 18 heteroatoms. The van der Waals surface area contributed by atoms with Crippen molar-refractivity contribution in [3.63, 3.8) is 0 Å². The number of aliphatic hydroxyl groups is 2. The summed E-state index contributed by atoms with van der Waals surface area (Å²) >= 11 is 0. The highest BCUT2D eigenvalue weighted by Gasteiger charge is 2.29. The minimum absolute atomic E-state index is 0.0901. The van der Waals surface area contributed by atoms with Gasteiger partial charge in [0.1, 0.15) is 25.4 Å². The summed E-state index contributed by atoms with van der Waals surface area (Å²) in [6.45, 7) is 2.30. The third-order valence-electron chi connectivity index (χ3n) is 12.7. The highest BCUT2D eigenvalue weighted by molar-refractivity contribution is 7.47. The molecule has 4 N–H and O–H groups in total. The molecule has 16 nitrogen and oxygen atoms in total. The maximum absolute atomic E-state index is 12.9. The zero-order chi connectivity index (χ0) is 62.4. The molecule has 0 rings (SSSR count). The van der Waals surface area contributed by atoms with Crippen LogP contribution >= 0.6 is 15.6 Å². The minimum Gasteiger partial charge on any atom is -0.463 e. The molecule has 0 aliphatic carbocycles. The van der Waals surface area contributed by atoms with Gasteiger partial charge in [-0.1, -0.05) is 226 Å². The van der Waals surface area contributed by atoms with E-state index in [2.05, 4.69) is 130 Å². The molecular weight excluding hydrogens is 1120 g/mol. The number of carbonyl (C=O) groups excluding carboxylic acids is 3. The Hall–Kier alpha value is -4.05. The van der Waals surface area contributed by atoms with Gasteiger partial charge in [-0.2, -0.15) is 0 Å². The monoisotopic (exact) mass is 1230 g/mol. The molecule has 0 aromatic heterocycles. The standard InChI is InChI=1S/C67H112O16P2/c1-4-7-10-13-16-19-22-25-27-29-30-32-34-36-38-41-44-47-50-53-65(70)77-56-62(68)57-79-84(73,74)80-58-63(69)59-81-85(75,76)82-61-64(83-67(72)55-52-49-46-43-40-35-24-21-18-15-12-9-6-3)60-78-66(71)54-51-48-45-42-39-37-33-31-28-26-23-20-17-14-11-8-5-2/h7-8,10-11,16-17,19-20,25-28,30,32-33,36-38,42,45,62-64,68-69H,4-6,9,12-15,18,21-24,29,31,34-35,39-41,43-44,46-61H2,1-3H3,(H,73,74)(H,75,76)/b10-7-,11-8-,19-16-,20-17-,27-25-,28-26-,32-30-,37-33-,38-36-,45-42-. The summed E-state index contributed by atoms with van der Waals surface area (Å²) in [5.74, 6) is -1.68. The lowest BCUT2D eigenvalue weighted by Crippen LogP contribution is -2.30. The van der Waals surface area contributed by atoms with Crippen LogP contribution in [0.2, 0.25) is 0 Å². The fourth-order valence-electron chi connectivity index (χ4n) is 7.87. The lowest BCUT2D eigenvalue weighted by Gasteiger charge is -2.21. The maximum atomic E-state index is 12.9. The van der Waals surface area contributed by atoms with Crippen LogP contribution in [0, 0.1) is 0 Å². The summed E-state index contributed by atoms with van der Waals surface area (Å²) in [4.78, 5) is 58.2. The van der Waals surface area contributed by atoms with E-state index in [-0.39, 0.29) is 19.3 Å². The first-order valence-electron chi connectivity index (χ1n) is 31.8. The van der Waals surface area contributed by atoms with Crippen molar-refractivity contribution in [1.82, 2.24) is 0 Å². The fourth-order valence-corrected chi connectivity index (χ4v) is 9.45. The van der Waals surface area contributed by atoms with Crippen molar-refractivity contribution in [2.45, 2.75) is 245 Å². The molecule has 0 aliphatic heterocycles. The number of allylic oxidation sites excluding steroid dienone is 20. The number of phosphoric acid groups is 2. The quantitative estimate of drug-likeness (QED) is 0.0146. The zero-order valence-corrected chi connectivity index (χ0v) is 54.0. The summed E-state index contributed by atoms with van der Waals surface area (Å²) in [7, 11) is -9.80. The van der Waals surface area contributed by atoms with Gasteiger partial charge in [-0.25, -0.2) is 9.13 Å². The summed E-state index contributed by atoms with van der Waals surface area (Å²) in [6.07, 6.45) is 67.0. The molecular formula is C67H112O16P2. The van der Waals surface area contributed by atoms with Gasteiger partial charge in [0, 0.05) is 19.3 Å². The van der Waals surface area contributed by atoms with Gasteiger partial charge in [-0.3, -0.25) is 32.5 Å². The van der Waals surface area contributed by atoms with E-state index in [1.54, 1.807) is 0 Å². The van der Waals surface area contributed by atoms with Gasteiger partial charge in [-0.05, 0) is 103 Å². The van der Waals surface area contributed by atoms with E-state index < -0.39 is 91.5 Å². The number of aliphatic hydroxyl groups excluding tert-OH is 2. The van der Waals surface area contributed by atoms with Gasteiger partial charge in [0.25, 0.3) is 0 Å². The Morgan fingerprint density at radius 2 is 0.635 bits per heavy atom. The molecule has 0 radical (unpaired) electrons. The van der Waals surface area contributed by atoms with Crippen molar-refractivity contribution in [3.05, 3.63) is 122 Å². The zero-order valence-electron chi connectivity index (χ0n) is 52.2. The largest absolute Gasteiger partial charge is 0.472 e. The van der Waals surface area contributed by atoms with Crippen molar-refractivity contribution in [2.75, 3.05) is 39.6 Å². The SMILES string of the molecule is CC/C=C\C/C=C\C/C=C\C/C=C\C/C=C\CCCCCC(=O)OCC(O)COP(=O)(O)OCC(O)COP(=O)(O)OCC(COC(=O)CCC/C=C\C/C=C\C/C=C\C/C=C\C/C=C\CC)OC(=O)CCCCCCCCCCCCCCC. The molecule has 0 aliphatic rings. The minimum atomic E-state index is -4.94. The second-order valence-corrected chi connectivity index (χ2v) is 23.7. The molecule has 0 bridgehead atoms. The van der Waals surface area contributed by atoms with Crippen LogP contribution in [0.1, 0.15) is 226 Å². The Bertz CT molecular complexity index is 2040. The number of hydrogen-bond acceptors (Lipinski definition) is 14. The molecule has 0 amide bonds. The molecule has 0 saturated carbocycles. The number of phosphoric ester groups is 2. The molecule has 486 valence electrons. The van der Waals surface area contributed by atoms with Crippen molar-refractivity contribution in [2.24, 2.45) is 0 Å². The molecule has 85 heavy (non-hydrogen) atoms. The Morgan fingerprint density at radius 3 is 1.04 bits per heavy atom. The van der Waals surface area contributed by atoms with E-state index in [4.69, 9.17) is 32.3 Å². The summed E-state index contributed by atoms with van der Waals surface area (Å²) in [5, 5.41) is 20.5. The Kier molecular flexibility index (Phi) is 57.4. The molecule has 0 aromatic carbocycles. The summed E-state index contributed by atoms with van der Waals surface area (Å²) in [5.41, 5.74) is 0. The van der Waals surface area contributed by atoms with Gasteiger partial charge in [0.05, 0.1) is 26.4 Å². The van der Waals surface area contributed by atoms with E-state index >= 15 is 0 Å². The summed E-state index contributed by atoms with van der Waals surface area (Å²) < 4.78 is 60.6. The van der Waals surface area contributed by atoms with Gasteiger partial charge in [-0.15, -0.1) is 0 Å². The predicted molar refractivity (Wildman–Crippen MR) is 343 cm³/mol. The molecule has 0 spiro atoms. The first kappa shape index (κ1) is 81.0. The van der Waals surface area contributed by atoms with Crippen LogP contribution in [-0.2, 0) is 55.8 Å². The average molecular weight is 1240 g/mol. The first-order chi connectivity index (χ1) is 41.2. The predicted octanol–water partition coefficient (Wildman–Crippen LogP) is 17.1. The van der Waals surface area contributed by atoms with Gasteiger partial charge in [0.15, 0.2) is 6.10 Å². The molecule has 0 aromatic rings. The molecule has 0 heterocycles. The number of esters is 3. The Morgan fingerprint density at radius 1 is 0.341 bits per heavy atom. The van der Waals surface area contributed by atoms with Crippen molar-refractivity contribution < 1.29 is 75.8 Å². The van der Waals surface area contributed by atoms with Crippen LogP contribution in [0.15, 0.2) is 122 Å². The normalized spacial score (nSPS) is 15.1. The third-order valence-corrected chi connectivity index (χ3v) is 14.6. The van der Waals surface area contributed by atoms with Crippen molar-refractivity contribution in [3.8, 4) is 0 Å². The average Bonchev–Trinajstić information content (AvgIpc) is 3.51. The van der Waals surface area contributed by atoms with Gasteiger partial charge in [0.2, 0.25) is 0 Å². The van der Waals surface area contributed by atoms with Crippen LogP contribution < -0.4 is 0 Å². The maximum Gasteiger partial charge on any atom is 0.472 e. The van der Waals surface area contributed by atoms with Crippen LogP contribution in [0.25, 0.3) is 0 Å². The van der Waals surface area contributed by atoms with Gasteiger partial charge < -0.3 is 34.2 Å². The number of unbranched alkanes of at least 4 members (excludes halogenated alkanes) is 16. The van der Waals surface area contributed by atoms with E-state index in [9.17, 15) is 43.5 Å². The lowest BCUT2D eigenvalue weighted by molar-refractivity contribution is -0.161. The third kappa shape index (κ3) is 61.4. The lowest BCUT2D eigenvalue weighted by atomic mass is 10.0. The van der Waals surface area contributed by atoms with Gasteiger partial charge >= 0.3 is 33.6 Å². The smallest absolute Gasteiger partial charge is 0.463 e. The van der Waals surface area contributed by atoms with Crippen LogP contribution in [-0.4, -0.2) is 95.9 Å². The van der Waals surface area contributed by atoms with Crippen LogP contribution in [0.4, 0.5) is 0 Å². The number of hydrogen-bond donors (Lipinski definition) is 4. The van der Waals surface area contributed by atoms with Crippen molar-refractivity contribution in [1.29, 1.82) is 0 Å². The van der Waals surface area contributed by atoms with E-state index in [0.717, 1.165) is 109 Å². The number of rotatable bonds is 59. The van der Waals surface area contributed by atoms with Crippen LogP contribution in [0.5, 0.6) is 0 Å². The topological polar surface area (TPSA) is 231 Å².